The van der Waals surface area contributed by atoms with Crippen molar-refractivity contribution in [2.75, 3.05) is 19.9 Å². The number of benzene rings is 1. The molecule has 10 heteroatoms. The Balaban J connectivity index is 1.59. The SMILES string of the molecule is O=[N+]([O-])c1cc2c(cc1/C=N\NC(=S)NC[C@H]1CCCO1)OCO2. The fraction of sp³-hybridized carbons (Fsp3) is 0.429. The van der Waals surface area contributed by atoms with Gasteiger partial charge in [0.2, 0.25) is 6.79 Å². The van der Waals surface area contributed by atoms with E-state index >= 15 is 0 Å². The van der Waals surface area contributed by atoms with Crippen LogP contribution < -0.4 is 20.2 Å². The van der Waals surface area contributed by atoms with E-state index in [0.29, 0.717) is 28.7 Å². The van der Waals surface area contributed by atoms with Gasteiger partial charge in [-0.1, -0.05) is 0 Å². The van der Waals surface area contributed by atoms with Gasteiger partial charge in [-0.15, -0.1) is 0 Å². The van der Waals surface area contributed by atoms with Crippen LogP contribution in [0, 0.1) is 10.1 Å². The third-order valence-corrected chi connectivity index (χ3v) is 3.84. The van der Waals surface area contributed by atoms with Crippen molar-refractivity contribution in [3.05, 3.63) is 27.8 Å². The lowest BCUT2D eigenvalue weighted by atomic mass is 10.1. The van der Waals surface area contributed by atoms with Crippen molar-refractivity contribution in [3.63, 3.8) is 0 Å². The van der Waals surface area contributed by atoms with Crippen molar-refractivity contribution in [2.24, 2.45) is 5.10 Å². The number of nitro groups is 1. The molecule has 0 aromatic heterocycles. The molecule has 0 unspecified atom stereocenters. The summed E-state index contributed by atoms with van der Waals surface area (Å²) in [7, 11) is 0. The van der Waals surface area contributed by atoms with Crippen LogP contribution in [0.1, 0.15) is 18.4 Å². The molecule has 0 radical (unpaired) electrons. The van der Waals surface area contributed by atoms with E-state index in [0.717, 1.165) is 19.4 Å². The molecule has 3 rings (SSSR count). The summed E-state index contributed by atoms with van der Waals surface area (Å²) < 4.78 is 15.8. The number of rotatable bonds is 5. The van der Waals surface area contributed by atoms with Gasteiger partial charge >= 0.3 is 0 Å². The van der Waals surface area contributed by atoms with Crippen LogP contribution in [-0.2, 0) is 4.74 Å². The van der Waals surface area contributed by atoms with Crippen molar-refractivity contribution in [1.29, 1.82) is 0 Å². The largest absolute Gasteiger partial charge is 0.454 e. The molecule has 1 aromatic carbocycles. The van der Waals surface area contributed by atoms with Gasteiger partial charge in [-0.25, -0.2) is 0 Å². The topological polar surface area (TPSA) is 107 Å². The predicted octanol–water partition coefficient (Wildman–Crippen LogP) is 1.30. The maximum atomic E-state index is 11.1. The predicted molar refractivity (Wildman–Crippen MR) is 89.5 cm³/mol. The van der Waals surface area contributed by atoms with Gasteiger partial charge in [0.25, 0.3) is 5.69 Å². The summed E-state index contributed by atoms with van der Waals surface area (Å²) in [5.41, 5.74) is 2.80. The van der Waals surface area contributed by atoms with E-state index in [1.807, 2.05) is 0 Å². The molecule has 2 heterocycles. The summed E-state index contributed by atoms with van der Waals surface area (Å²) in [6, 6.07) is 2.83. The highest BCUT2D eigenvalue weighted by atomic mass is 32.1. The maximum Gasteiger partial charge on any atom is 0.282 e. The molecule has 0 saturated carbocycles. The normalized spacial score (nSPS) is 18.8. The third-order valence-electron chi connectivity index (χ3n) is 3.60. The Morgan fingerprint density at radius 2 is 2.25 bits per heavy atom. The van der Waals surface area contributed by atoms with Gasteiger partial charge in [-0.2, -0.15) is 5.10 Å². The van der Waals surface area contributed by atoms with Crippen LogP contribution in [0.5, 0.6) is 11.5 Å². The van der Waals surface area contributed by atoms with Crippen molar-refractivity contribution >= 4 is 29.2 Å². The average molecular weight is 352 g/mol. The lowest BCUT2D eigenvalue weighted by Gasteiger charge is -2.11. The first-order chi connectivity index (χ1) is 11.6. The average Bonchev–Trinajstić information content (AvgIpc) is 3.23. The van der Waals surface area contributed by atoms with Crippen LogP contribution >= 0.6 is 12.2 Å². The summed E-state index contributed by atoms with van der Waals surface area (Å²) in [6.07, 6.45) is 3.53. The van der Waals surface area contributed by atoms with Gasteiger partial charge in [-0.05, 0) is 31.1 Å². The second-order valence-corrected chi connectivity index (χ2v) is 5.64. The molecule has 0 spiro atoms. The van der Waals surface area contributed by atoms with Crippen molar-refractivity contribution in [1.82, 2.24) is 10.7 Å². The van der Waals surface area contributed by atoms with Gasteiger partial charge in [0.15, 0.2) is 16.6 Å². The number of nitro benzene ring substituents is 1. The summed E-state index contributed by atoms with van der Waals surface area (Å²) in [5, 5.41) is 18.4. The number of hydrogen-bond acceptors (Lipinski definition) is 7. The zero-order chi connectivity index (χ0) is 16.9. The van der Waals surface area contributed by atoms with Gasteiger partial charge in [0, 0.05) is 13.2 Å². The van der Waals surface area contributed by atoms with E-state index in [1.54, 1.807) is 0 Å². The van der Waals surface area contributed by atoms with Crippen LogP contribution in [0.25, 0.3) is 0 Å². The first-order valence-electron chi connectivity index (χ1n) is 7.40. The molecule has 2 aliphatic heterocycles. The zero-order valence-electron chi connectivity index (χ0n) is 12.7. The molecule has 2 N–H and O–H groups in total. The number of nitrogens with one attached hydrogen (secondary N) is 2. The molecule has 9 nitrogen and oxygen atoms in total. The van der Waals surface area contributed by atoms with Crippen LogP contribution in [-0.4, -0.2) is 42.3 Å². The summed E-state index contributed by atoms with van der Waals surface area (Å²) in [5.74, 6) is 0.793. The Morgan fingerprint density at radius 3 is 2.96 bits per heavy atom. The summed E-state index contributed by atoms with van der Waals surface area (Å²) in [4.78, 5) is 10.6. The van der Waals surface area contributed by atoms with E-state index < -0.39 is 4.92 Å². The lowest BCUT2D eigenvalue weighted by Crippen LogP contribution is -2.37. The number of fused-ring (bicyclic) bond motifs is 1. The molecule has 1 aromatic rings. The number of nitrogens with zero attached hydrogens (tertiary/aromatic N) is 2. The molecule has 128 valence electrons. The Kier molecular flexibility index (Phi) is 5.06. The van der Waals surface area contributed by atoms with E-state index in [1.165, 1.54) is 18.3 Å². The molecule has 0 amide bonds. The number of thiocarbonyl (C=S) groups is 1. The quantitative estimate of drug-likeness (QED) is 0.353. The van der Waals surface area contributed by atoms with Gasteiger partial charge in [0.05, 0.1) is 28.9 Å². The van der Waals surface area contributed by atoms with E-state index in [9.17, 15) is 10.1 Å². The highest BCUT2D eigenvalue weighted by Crippen LogP contribution is 2.37. The van der Waals surface area contributed by atoms with Crippen molar-refractivity contribution < 1.29 is 19.1 Å². The number of hydrazone groups is 1. The van der Waals surface area contributed by atoms with Crippen LogP contribution in [0.2, 0.25) is 0 Å². The molecule has 24 heavy (non-hydrogen) atoms. The van der Waals surface area contributed by atoms with Crippen LogP contribution in [0.3, 0.4) is 0 Å². The Labute approximate surface area is 143 Å². The minimum atomic E-state index is -0.503. The standard InChI is InChI=1S/C14H16N4O5S/c19-18(20)11-5-13-12(22-8-23-13)4-9(11)6-16-17-14(24)15-7-10-2-1-3-21-10/h4-6,10H,1-3,7-8H2,(H2,15,17,24)/b16-6-/t10-/m1/s1. The van der Waals surface area contributed by atoms with E-state index in [-0.39, 0.29) is 18.6 Å². The Bertz CT molecular complexity index is 675. The van der Waals surface area contributed by atoms with E-state index in [4.69, 9.17) is 26.4 Å². The third kappa shape index (κ3) is 3.89. The zero-order valence-corrected chi connectivity index (χ0v) is 13.5. The molecule has 1 atom stereocenters. The minimum Gasteiger partial charge on any atom is -0.454 e. The van der Waals surface area contributed by atoms with E-state index in [2.05, 4.69) is 15.8 Å². The first-order valence-corrected chi connectivity index (χ1v) is 7.81. The smallest absolute Gasteiger partial charge is 0.282 e. The summed E-state index contributed by atoms with van der Waals surface area (Å²) in [6.45, 7) is 1.42. The molecule has 0 bridgehead atoms. The first kappa shape index (κ1) is 16.4. The number of ether oxygens (including phenoxy) is 3. The maximum absolute atomic E-state index is 11.1. The fourth-order valence-electron chi connectivity index (χ4n) is 2.42. The highest BCUT2D eigenvalue weighted by molar-refractivity contribution is 7.80. The monoisotopic (exact) mass is 352 g/mol. The Hall–Kier alpha value is -2.46. The van der Waals surface area contributed by atoms with Gasteiger partial charge < -0.3 is 19.5 Å². The minimum absolute atomic E-state index is 0.0442. The molecule has 2 aliphatic rings. The second kappa shape index (κ2) is 7.41. The highest BCUT2D eigenvalue weighted by Gasteiger charge is 2.22. The fourth-order valence-corrected chi connectivity index (χ4v) is 2.56. The second-order valence-electron chi connectivity index (χ2n) is 5.24. The Morgan fingerprint density at radius 1 is 1.46 bits per heavy atom. The number of hydrogen-bond donors (Lipinski definition) is 2. The molecule has 1 saturated heterocycles. The summed E-state index contributed by atoms with van der Waals surface area (Å²) >= 11 is 5.10. The lowest BCUT2D eigenvalue weighted by molar-refractivity contribution is -0.385. The molecule has 0 aliphatic carbocycles. The molecule has 1 fully saturated rings. The molecular formula is C14H16N4O5S. The van der Waals surface area contributed by atoms with Crippen LogP contribution in [0.15, 0.2) is 17.2 Å². The van der Waals surface area contributed by atoms with Crippen LogP contribution in [0.4, 0.5) is 5.69 Å². The molecular weight excluding hydrogens is 336 g/mol. The van der Waals surface area contributed by atoms with Crippen molar-refractivity contribution in [3.8, 4) is 11.5 Å². The van der Waals surface area contributed by atoms with Gasteiger partial charge in [0.1, 0.15) is 0 Å². The van der Waals surface area contributed by atoms with Crippen molar-refractivity contribution in [2.45, 2.75) is 18.9 Å². The van der Waals surface area contributed by atoms with Gasteiger partial charge in [-0.3, -0.25) is 15.5 Å².